The predicted octanol–water partition coefficient (Wildman–Crippen LogP) is 2.97. The monoisotopic (exact) mass is 380 g/mol. The minimum atomic E-state index is -4.44. The Morgan fingerprint density at radius 1 is 1.04 bits per heavy atom. The Morgan fingerprint density at radius 3 is 2.15 bits per heavy atom. The van der Waals surface area contributed by atoms with Gasteiger partial charge in [-0.3, -0.25) is 14.9 Å². The van der Waals surface area contributed by atoms with Crippen molar-refractivity contribution in [3.8, 4) is 0 Å². The lowest BCUT2D eigenvalue weighted by atomic mass is 10.1. The van der Waals surface area contributed by atoms with Crippen LogP contribution in [-0.2, 0) is 6.18 Å². The molecule has 0 bridgehead atoms. The predicted molar refractivity (Wildman–Crippen MR) is 90.5 cm³/mol. The second-order valence-electron chi connectivity index (χ2n) is 5.99. The molecule has 1 aliphatic heterocycles. The zero-order valence-corrected chi connectivity index (χ0v) is 14.0. The number of hydrogen-bond donors (Lipinski definition) is 0. The van der Waals surface area contributed by atoms with Gasteiger partial charge in [-0.1, -0.05) is 0 Å². The van der Waals surface area contributed by atoms with Gasteiger partial charge < -0.3 is 9.80 Å². The van der Waals surface area contributed by atoms with Crippen molar-refractivity contribution in [2.45, 2.75) is 6.18 Å². The normalized spacial score (nSPS) is 14.9. The molecule has 7 nitrogen and oxygen atoms in total. The molecule has 1 fully saturated rings. The molecule has 27 heavy (non-hydrogen) atoms. The van der Waals surface area contributed by atoms with E-state index in [0.717, 1.165) is 12.1 Å². The van der Waals surface area contributed by atoms with Crippen LogP contribution in [-0.4, -0.2) is 46.9 Å². The van der Waals surface area contributed by atoms with Crippen LogP contribution in [0.5, 0.6) is 0 Å². The van der Waals surface area contributed by atoms with Crippen LogP contribution in [0, 0.1) is 10.1 Å². The molecule has 0 saturated carbocycles. The Balaban J connectivity index is 1.61. The third-order valence-corrected chi connectivity index (χ3v) is 4.29. The Hall–Kier alpha value is -3.17. The Kier molecular flexibility index (Phi) is 4.98. The molecule has 0 radical (unpaired) electrons. The van der Waals surface area contributed by atoms with Gasteiger partial charge in [-0.2, -0.15) is 13.2 Å². The van der Waals surface area contributed by atoms with E-state index >= 15 is 0 Å². The van der Waals surface area contributed by atoms with Crippen molar-refractivity contribution in [3.05, 3.63) is 63.8 Å². The van der Waals surface area contributed by atoms with Gasteiger partial charge in [-0.25, -0.2) is 4.98 Å². The minimum Gasteiger partial charge on any atom is -0.353 e. The molecular weight excluding hydrogens is 365 g/mol. The van der Waals surface area contributed by atoms with Crippen molar-refractivity contribution in [2.75, 3.05) is 31.1 Å². The highest BCUT2D eigenvalue weighted by Gasteiger charge is 2.30. The van der Waals surface area contributed by atoms with Gasteiger partial charge in [-0.05, 0) is 30.3 Å². The van der Waals surface area contributed by atoms with Crippen molar-refractivity contribution < 1.29 is 22.9 Å². The SMILES string of the molecule is O=C(c1ccc(C(F)(F)F)cc1)N1CCN(c2ccc([N+](=O)[O-])cn2)CC1. The summed E-state index contributed by atoms with van der Waals surface area (Å²) in [7, 11) is 0. The second kappa shape index (κ2) is 7.22. The lowest BCUT2D eigenvalue weighted by Gasteiger charge is -2.35. The maximum Gasteiger partial charge on any atom is 0.416 e. The zero-order chi connectivity index (χ0) is 19.6. The first-order valence-electron chi connectivity index (χ1n) is 8.07. The number of nitrogens with zero attached hydrogens (tertiary/aromatic N) is 4. The summed E-state index contributed by atoms with van der Waals surface area (Å²) in [6.07, 6.45) is -3.26. The Morgan fingerprint density at radius 2 is 1.67 bits per heavy atom. The van der Waals surface area contributed by atoms with Crippen LogP contribution in [0.4, 0.5) is 24.7 Å². The van der Waals surface area contributed by atoms with E-state index in [-0.39, 0.29) is 17.2 Å². The number of hydrogen-bond acceptors (Lipinski definition) is 5. The van der Waals surface area contributed by atoms with Gasteiger partial charge in [0, 0.05) is 37.8 Å². The molecule has 0 unspecified atom stereocenters. The molecule has 142 valence electrons. The van der Waals surface area contributed by atoms with E-state index in [1.807, 2.05) is 4.90 Å². The van der Waals surface area contributed by atoms with E-state index in [2.05, 4.69) is 4.98 Å². The molecule has 2 heterocycles. The summed E-state index contributed by atoms with van der Waals surface area (Å²) in [4.78, 5) is 30.1. The molecule has 0 N–H and O–H groups in total. The van der Waals surface area contributed by atoms with E-state index in [0.29, 0.717) is 32.0 Å². The van der Waals surface area contributed by atoms with Crippen molar-refractivity contribution in [1.29, 1.82) is 0 Å². The first-order valence-corrected chi connectivity index (χ1v) is 8.07. The molecule has 3 rings (SSSR count). The number of anilines is 1. The fourth-order valence-corrected chi connectivity index (χ4v) is 2.80. The van der Waals surface area contributed by atoms with Crippen molar-refractivity contribution in [2.24, 2.45) is 0 Å². The lowest BCUT2D eigenvalue weighted by Crippen LogP contribution is -2.49. The number of carbonyl (C=O) groups is 1. The maximum atomic E-state index is 12.6. The number of aromatic nitrogens is 1. The van der Waals surface area contributed by atoms with Gasteiger partial charge >= 0.3 is 6.18 Å². The summed E-state index contributed by atoms with van der Waals surface area (Å²) >= 11 is 0. The average Bonchev–Trinajstić information content (AvgIpc) is 2.67. The third kappa shape index (κ3) is 4.15. The van der Waals surface area contributed by atoms with E-state index in [9.17, 15) is 28.1 Å². The summed E-state index contributed by atoms with van der Waals surface area (Å²) in [6, 6.07) is 7.05. The summed E-state index contributed by atoms with van der Waals surface area (Å²) in [5, 5.41) is 10.7. The second-order valence-corrected chi connectivity index (χ2v) is 5.99. The molecule has 1 aliphatic rings. The summed E-state index contributed by atoms with van der Waals surface area (Å²) in [6.45, 7) is 1.69. The highest BCUT2D eigenvalue weighted by Crippen LogP contribution is 2.29. The van der Waals surface area contributed by atoms with Gasteiger partial charge in [0.25, 0.3) is 11.6 Å². The number of alkyl halides is 3. The van der Waals surface area contributed by atoms with Gasteiger partial charge in [0.1, 0.15) is 12.0 Å². The highest BCUT2D eigenvalue weighted by atomic mass is 19.4. The van der Waals surface area contributed by atoms with E-state index in [1.165, 1.54) is 24.4 Å². The lowest BCUT2D eigenvalue weighted by molar-refractivity contribution is -0.385. The largest absolute Gasteiger partial charge is 0.416 e. The van der Waals surface area contributed by atoms with Gasteiger partial charge in [0.15, 0.2) is 0 Å². The van der Waals surface area contributed by atoms with E-state index < -0.39 is 16.7 Å². The van der Waals surface area contributed by atoms with Crippen molar-refractivity contribution in [3.63, 3.8) is 0 Å². The smallest absolute Gasteiger partial charge is 0.353 e. The van der Waals surface area contributed by atoms with Crippen LogP contribution in [0.2, 0.25) is 0 Å². The minimum absolute atomic E-state index is 0.102. The van der Waals surface area contributed by atoms with E-state index in [1.54, 1.807) is 11.0 Å². The van der Waals surface area contributed by atoms with Crippen molar-refractivity contribution in [1.82, 2.24) is 9.88 Å². The molecule has 1 saturated heterocycles. The van der Waals surface area contributed by atoms with Crippen LogP contribution in [0.25, 0.3) is 0 Å². The molecule has 10 heteroatoms. The fourth-order valence-electron chi connectivity index (χ4n) is 2.80. The Bertz CT molecular complexity index is 830. The van der Waals surface area contributed by atoms with Crippen LogP contribution in [0.1, 0.15) is 15.9 Å². The number of nitro groups is 1. The summed E-state index contributed by atoms with van der Waals surface area (Å²) in [5.41, 5.74) is -0.701. The first-order chi connectivity index (χ1) is 12.8. The molecule has 0 aliphatic carbocycles. The quantitative estimate of drug-likeness (QED) is 0.604. The van der Waals surface area contributed by atoms with Gasteiger partial charge in [0.2, 0.25) is 0 Å². The maximum absolute atomic E-state index is 12.6. The summed E-state index contributed by atoms with van der Waals surface area (Å²) < 4.78 is 37.8. The average molecular weight is 380 g/mol. The van der Waals surface area contributed by atoms with Crippen molar-refractivity contribution >= 4 is 17.4 Å². The number of pyridine rings is 1. The number of halogens is 3. The van der Waals surface area contributed by atoms with E-state index in [4.69, 9.17) is 0 Å². The highest BCUT2D eigenvalue weighted by molar-refractivity contribution is 5.94. The van der Waals surface area contributed by atoms with Crippen LogP contribution in [0.15, 0.2) is 42.6 Å². The Labute approximate surface area is 152 Å². The number of benzene rings is 1. The van der Waals surface area contributed by atoms with Crippen LogP contribution in [0.3, 0.4) is 0 Å². The molecule has 2 aromatic rings. The van der Waals surface area contributed by atoms with Gasteiger partial charge in [0.05, 0.1) is 10.5 Å². The number of rotatable bonds is 3. The number of piperazine rings is 1. The molecular formula is C17H15F3N4O3. The zero-order valence-electron chi connectivity index (χ0n) is 14.0. The van der Waals surface area contributed by atoms with Crippen LogP contribution < -0.4 is 4.90 Å². The fraction of sp³-hybridized carbons (Fsp3) is 0.294. The van der Waals surface area contributed by atoms with Gasteiger partial charge in [-0.15, -0.1) is 0 Å². The molecule has 0 atom stereocenters. The number of amides is 1. The molecule has 1 aromatic carbocycles. The molecule has 1 aromatic heterocycles. The summed E-state index contributed by atoms with van der Waals surface area (Å²) in [5.74, 6) is 0.238. The van der Waals surface area contributed by atoms with Crippen LogP contribution >= 0.6 is 0 Å². The number of carbonyl (C=O) groups excluding carboxylic acids is 1. The third-order valence-electron chi connectivity index (χ3n) is 4.29. The first kappa shape index (κ1) is 18.6. The molecule has 1 amide bonds. The topological polar surface area (TPSA) is 79.6 Å². The standard InChI is InChI=1S/C17H15F3N4O3/c18-17(19,20)13-3-1-12(2-4-13)16(25)23-9-7-22(8-10-23)15-6-5-14(11-21-15)24(26)27/h1-6,11H,7-10H2. The molecule has 0 spiro atoms.